The van der Waals surface area contributed by atoms with Crippen molar-refractivity contribution < 1.29 is 18.7 Å². The third-order valence-corrected chi connectivity index (χ3v) is 7.18. The largest absolute Gasteiger partial charge is 0.438 e. The van der Waals surface area contributed by atoms with Crippen LogP contribution in [0.3, 0.4) is 0 Å². The minimum absolute atomic E-state index is 0.0555. The van der Waals surface area contributed by atoms with Crippen LogP contribution in [0.4, 0.5) is 9.18 Å². The molecule has 1 saturated heterocycles. The number of hydrogen-bond acceptors (Lipinski definition) is 3. The monoisotopic (exact) mass is 552 g/mol. The topological polar surface area (TPSA) is 58.6 Å². The zero-order valence-corrected chi connectivity index (χ0v) is 21.7. The Labute approximate surface area is 219 Å². The summed E-state index contributed by atoms with van der Waals surface area (Å²) in [4.78, 5) is 27.5. The van der Waals surface area contributed by atoms with Crippen LogP contribution in [0.15, 0.2) is 83.3 Å². The fraction of sp³-hybridized carbons (Fsp3) is 0.310. The Morgan fingerprint density at radius 1 is 0.889 bits per heavy atom. The van der Waals surface area contributed by atoms with Crippen molar-refractivity contribution in [1.82, 2.24) is 10.2 Å². The van der Waals surface area contributed by atoms with Gasteiger partial charge in [0.15, 0.2) is 0 Å². The first kappa shape index (κ1) is 25.9. The summed E-state index contributed by atoms with van der Waals surface area (Å²) in [7, 11) is 0. The Bertz CT molecular complexity index is 1150. The number of likely N-dealkylation sites (tertiary alicyclic amines) is 1. The van der Waals surface area contributed by atoms with Gasteiger partial charge in [-0.1, -0.05) is 70.5 Å². The SMILES string of the molecule is O=C(NCCc1ccc(Br)cc1)OC1(c2ccccc2)CCN(C(=O)CCc2ccc(F)cc2)CC1. The molecule has 188 valence electrons. The van der Waals surface area contributed by atoms with Crippen molar-refractivity contribution in [1.29, 1.82) is 0 Å². The summed E-state index contributed by atoms with van der Waals surface area (Å²) in [6.07, 6.45) is 2.24. The van der Waals surface area contributed by atoms with Gasteiger partial charge < -0.3 is 15.0 Å². The van der Waals surface area contributed by atoms with Crippen molar-refractivity contribution in [3.63, 3.8) is 0 Å². The van der Waals surface area contributed by atoms with Crippen molar-refractivity contribution in [2.24, 2.45) is 0 Å². The zero-order chi connectivity index (χ0) is 25.4. The number of halogens is 2. The normalized spacial score (nSPS) is 14.8. The van der Waals surface area contributed by atoms with Crippen LogP contribution in [0.2, 0.25) is 0 Å². The number of alkyl carbamates (subject to hydrolysis) is 1. The molecule has 1 N–H and O–H groups in total. The molecule has 0 aromatic heterocycles. The van der Waals surface area contributed by atoms with Crippen LogP contribution < -0.4 is 5.32 Å². The molecule has 4 rings (SSSR count). The van der Waals surface area contributed by atoms with E-state index in [1.54, 1.807) is 12.1 Å². The van der Waals surface area contributed by atoms with Crippen molar-refractivity contribution >= 4 is 27.9 Å². The molecule has 5 nitrogen and oxygen atoms in total. The fourth-order valence-electron chi connectivity index (χ4n) is 4.54. The number of piperidine rings is 1. The lowest BCUT2D eigenvalue weighted by atomic mass is 9.84. The van der Waals surface area contributed by atoms with E-state index in [2.05, 4.69) is 21.2 Å². The molecule has 0 saturated carbocycles. The lowest BCUT2D eigenvalue weighted by Crippen LogP contribution is -2.48. The number of rotatable bonds is 8. The number of amides is 2. The Hall–Kier alpha value is -3.19. The van der Waals surface area contributed by atoms with E-state index in [-0.39, 0.29) is 11.7 Å². The van der Waals surface area contributed by atoms with Gasteiger partial charge in [0.05, 0.1) is 0 Å². The maximum absolute atomic E-state index is 13.1. The van der Waals surface area contributed by atoms with Crippen LogP contribution in [0.1, 0.15) is 36.0 Å². The van der Waals surface area contributed by atoms with Gasteiger partial charge in [-0.25, -0.2) is 9.18 Å². The number of nitrogens with one attached hydrogen (secondary N) is 1. The predicted octanol–water partition coefficient (Wildman–Crippen LogP) is 6.01. The molecule has 1 fully saturated rings. The number of carbonyl (C=O) groups is 2. The van der Waals surface area contributed by atoms with E-state index < -0.39 is 11.7 Å². The van der Waals surface area contributed by atoms with Gasteiger partial charge in [0.1, 0.15) is 11.4 Å². The molecule has 0 unspecified atom stereocenters. The Balaban J connectivity index is 1.33. The molecule has 7 heteroatoms. The van der Waals surface area contributed by atoms with Gasteiger partial charge in [-0.15, -0.1) is 0 Å². The zero-order valence-electron chi connectivity index (χ0n) is 20.1. The highest BCUT2D eigenvalue weighted by Gasteiger charge is 2.40. The van der Waals surface area contributed by atoms with Crippen molar-refractivity contribution in [3.05, 3.63) is 106 Å². The summed E-state index contributed by atoms with van der Waals surface area (Å²) < 4.78 is 20.2. The summed E-state index contributed by atoms with van der Waals surface area (Å²) in [6, 6.07) is 24.0. The minimum Gasteiger partial charge on any atom is -0.438 e. The molecule has 1 aliphatic heterocycles. The third kappa shape index (κ3) is 6.94. The summed E-state index contributed by atoms with van der Waals surface area (Å²) in [5.74, 6) is -0.226. The second-order valence-corrected chi connectivity index (χ2v) is 9.98. The van der Waals surface area contributed by atoms with Crippen molar-refractivity contribution in [2.45, 2.75) is 37.7 Å². The van der Waals surface area contributed by atoms with Crippen LogP contribution in [-0.4, -0.2) is 36.5 Å². The van der Waals surface area contributed by atoms with Crippen molar-refractivity contribution in [3.8, 4) is 0 Å². The van der Waals surface area contributed by atoms with Crippen LogP contribution in [0.25, 0.3) is 0 Å². The average Bonchev–Trinajstić information content (AvgIpc) is 2.90. The van der Waals surface area contributed by atoms with Gasteiger partial charge in [0.25, 0.3) is 0 Å². The smallest absolute Gasteiger partial charge is 0.408 e. The second-order valence-electron chi connectivity index (χ2n) is 9.06. The molecule has 1 aliphatic rings. The van der Waals surface area contributed by atoms with E-state index in [4.69, 9.17) is 4.74 Å². The predicted molar refractivity (Wildman–Crippen MR) is 141 cm³/mol. The summed E-state index contributed by atoms with van der Waals surface area (Å²) >= 11 is 3.43. The number of aryl methyl sites for hydroxylation is 1. The number of benzene rings is 3. The molecule has 3 aromatic carbocycles. The molecular weight excluding hydrogens is 523 g/mol. The maximum atomic E-state index is 13.1. The first-order valence-corrected chi connectivity index (χ1v) is 13.0. The molecule has 0 spiro atoms. The Morgan fingerprint density at radius 3 is 2.17 bits per heavy atom. The molecule has 0 atom stereocenters. The van der Waals surface area contributed by atoms with Crippen LogP contribution in [-0.2, 0) is 28.0 Å². The van der Waals surface area contributed by atoms with Gasteiger partial charge in [0.2, 0.25) is 5.91 Å². The third-order valence-electron chi connectivity index (χ3n) is 6.65. The lowest BCUT2D eigenvalue weighted by molar-refractivity contribution is -0.135. The van der Waals surface area contributed by atoms with Crippen LogP contribution >= 0.6 is 15.9 Å². The maximum Gasteiger partial charge on any atom is 0.408 e. The molecule has 2 amide bonds. The van der Waals surface area contributed by atoms with Gasteiger partial charge in [0, 0.05) is 43.4 Å². The highest BCUT2D eigenvalue weighted by molar-refractivity contribution is 9.10. The summed E-state index contributed by atoms with van der Waals surface area (Å²) in [5, 5.41) is 2.88. The molecule has 3 aromatic rings. The van der Waals surface area contributed by atoms with Gasteiger partial charge in [-0.05, 0) is 53.8 Å². The summed E-state index contributed by atoms with van der Waals surface area (Å²) in [6.45, 7) is 1.48. The quantitative estimate of drug-likeness (QED) is 0.372. The average molecular weight is 553 g/mol. The molecule has 0 radical (unpaired) electrons. The van der Waals surface area contributed by atoms with E-state index in [9.17, 15) is 14.0 Å². The van der Waals surface area contributed by atoms with Crippen LogP contribution in [0, 0.1) is 5.82 Å². The lowest BCUT2D eigenvalue weighted by Gasteiger charge is -2.41. The molecular formula is C29H30BrFN2O3. The molecule has 0 bridgehead atoms. The van der Waals surface area contributed by atoms with E-state index in [0.29, 0.717) is 51.7 Å². The van der Waals surface area contributed by atoms with E-state index in [1.165, 1.54) is 12.1 Å². The van der Waals surface area contributed by atoms with Gasteiger partial charge in [-0.3, -0.25) is 4.79 Å². The number of ether oxygens (including phenoxy) is 1. The van der Waals surface area contributed by atoms with E-state index in [0.717, 1.165) is 21.2 Å². The molecule has 1 heterocycles. The Kier molecular flexibility index (Phi) is 8.75. The van der Waals surface area contributed by atoms with E-state index in [1.807, 2.05) is 59.5 Å². The standard InChI is InChI=1S/C29H30BrFN2O3/c30-25-11-6-23(7-12-25)16-19-32-28(35)36-29(24-4-2-1-3-5-24)17-20-33(21-18-29)27(34)15-10-22-8-13-26(31)14-9-22/h1-9,11-14H,10,15-21H2,(H,32,35). The number of nitrogens with zero attached hydrogens (tertiary/aromatic N) is 1. The highest BCUT2D eigenvalue weighted by Crippen LogP contribution is 2.37. The Morgan fingerprint density at radius 2 is 1.50 bits per heavy atom. The number of carbonyl (C=O) groups excluding carboxylic acids is 2. The highest BCUT2D eigenvalue weighted by atomic mass is 79.9. The van der Waals surface area contributed by atoms with E-state index >= 15 is 0 Å². The molecule has 0 aliphatic carbocycles. The van der Waals surface area contributed by atoms with Gasteiger partial charge in [-0.2, -0.15) is 0 Å². The number of hydrogen-bond donors (Lipinski definition) is 1. The second kappa shape index (κ2) is 12.2. The molecule has 36 heavy (non-hydrogen) atoms. The van der Waals surface area contributed by atoms with Crippen LogP contribution in [0.5, 0.6) is 0 Å². The first-order valence-electron chi connectivity index (χ1n) is 12.2. The minimum atomic E-state index is -0.781. The first-order chi connectivity index (χ1) is 17.4. The van der Waals surface area contributed by atoms with Crippen molar-refractivity contribution in [2.75, 3.05) is 19.6 Å². The summed E-state index contributed by atoms with van der Waals surface area (Å²) in [5.41, 5.74) is 2.22. The van der Waals surface area contributed by atoms with Gasteiger partial charge >= 0.3 is 6.09 Å². The fourth-order valence-corrected chi connectivity index (χ4v) is 4.81.